The lowest BCUT2D eigenvalue weighted by Gasteiger charge is -1.85. The maximum absolute atomic E-state index is 10.8. The topological polar surface area (TPSA) is 76.8 Å². The zero-order chi connectivity index (χ0) is 8.55. The van der Waals surface area contributed by atoms with Gasteiger partial charge >= 0.3 is 0 Å². The minimum atomic E-state index is 0.272. The average Bonchev–Trinajstić information content (AvgIpc) is 2.48. The molecule has 0 spiro atoms. The molecule has 0 aliphatic rings. The van der Waals surface area contributed by atoms with Crippen LogP contribution in [0, 0.1) is 16.5 Å². The lowest BCUT2D eigenvalue weighted by atomic mass is 10.2. The quantitative estimate of drug-likeness (QED) is 0.522. The fraction of sp³-hybridized carbons (Fsp3) is 0. The lowest BCUT2D eigenvalue weighted by molar-refractivity contribution is -0.782. The molecule has 0 saturated carbocycles. The van der Waals surface area contributed by atoms with Crippen molar-refractivity contribution in [3.05, 3.63) is 29.0 Å². The van der Waals surface area contributed by atoms with E-state index in [1.54, 1.807) is 18.2 Å². The van der Waals surface area contributed by atoms with Crippen molar-refractivity contribution in [1.29, 1.82) is 5.26 Å². The van der Waals surface area contributed by atoms with Crippen LogP contribution in [0.25, 0.3) is 11.0 Å². The van der Waals surface area contributed by atoms with Gasteiger partial charge in [-0.15, -0.1) is 0 Å². The van der Waals surface area contributed by atoms with Gasteiger partial charge in [-0.05, 0) is 17.0 Å². The highest BCUT2D eigenvalue weighted by molar-refractivity contribution is 5.77. The van der Waals surface area contributed by atoms with Crippen LogP contribution in [0.1, 0.15) is 5.56 Å². The van der Waals surface area contributed by atoms with Gasteiger partial charge in [0, 0.05) is 5.16 Å². The molecule has 58 valence electrons. The normalized spacial score (nSPS) is 9.92. The van der Waals surface area contributed by atoms with Crippen LogP contribution in [0.2, 0.25) is 0 Å². The van der Waals surface area contributed by atoms with E-state index in [0.29, 0.717) is 11.1 Å². The summed E-state index contributed by atoms with van der Waals surface area (Å²) < 4.78 is 4.32. The average molecular weight is 161 g/mol. The maximum atomic E-state index is 10.8. The van der Waals surface area contributed by atoms with Crippen molar-refractivity contribution in [2.45, 2.75) is 0 Å². The van der Waals surface area contributed by atoms with Gasteiger partial charge in [-0.2, -0.15) is 5.26 Å². The smallest absolute Gasteiger partial charge is 0.266 e. The van der Waals surface area contributed by atoms with E-state index in [0.717, 1.165) is 0 Å². The molecule has 1 aromatic heterocycles. The van der Waals surface area contributed by atoms with E-state index in [1.165, 1.54) is 0 Å². The molecular formula is C7H3N3O2. The second kappa shape index (κ2) is 2.20. The van der Waals surface area contributed by atoms with Gasteiger partial charge in [-0.25, -0.2) is 0 Å². The van der Waals surface area contributed by atoms with E-state index in [9.17, 15) is 5.21 Å². The summed E-state index contributed by atoms with van der Waals surface area (Å²) in [6, 6.07) is 6.63. The summed E-state index contributed by atoms with van der Waals surface area (Å²) in [5.41, 5.74) is 0.912. The number of aromatic nitrogens is 2. The molecule has 2 aromatic rings. The van der Waals surface area contributed by atoms with Crippen LogP contribution in [0.15, 0.2) is 22.8 Å². The molecule has 0 N–H and O–H groups in total. The van der Waals surface area contributed by atoms with Gasteiger partial charge in [-0.3, -0.25) is 4.63 Å². The Balaban J connectivity index is 2.92. The number of rotatable bonds is 0. The van der Waals surface area contributed by atoms with Gasteiger partial charge in [-0.1, -0.05) is 6.07 Å². The third-order valence-corrected chi connectivity index (χ3v) is 1.54. The van der Waals surface area contributed by atoms with E-state index in [2.05, 4.69) is 9.79 Å². The second-order valence-electron chi connectivity index (χ2n) is 2.22. The minimum absolute atomic E-state index is 0.272. The summed E-state index contributed by atoms with van der Waals surface area (Å²) in [7, 11) is 0. The molecule has 0 aliphatic heterocycles. The molecule has 0 bridgehead atoms. The van der Waals surface area contributed by atoms with Crippen molar-refractivity contribution >= 4 is 11.0 Å². The molecular weight excluding hydrogens is 158 g/mol. The third kappa shape index (κ3) is 0.720. The Bertz CT molecular complexity index is 469. The predicted molar refractivity (Wildman–Crippen MR) is 37.7 cm³/mol. The number of nitriles is 1. The van der Waals surface area contributed by atoms with Crippen molar-refractivity contribution < 1.29 is 9.53 Å². The Morgan fingerprint density at radius 3 is 3.17 bits per heavy atom. The summed E-state index contributed by atoms with van der Waals surface area (Å²) in [5, 5.41) is 22.9. The summed E-state index contributed by atoms with van der Waals surface area (Å²) in [4.78, 5) is 0.274. The molecule has 0 aliphatic carbocycles. The van der Waals surface area contributed by atoms with Crippen molar-refractivity contribution in [2.75, 3.05) is 0 Å². The first kappa shape index (κ1) is 6.61. The maximum Gasteiger partial charge on any atom is 0.266 e. The van der Waals surface area contributed by atoms with E-state index in [1.807, 2.05) is 6.07 Å². The molecule has 0 atom stereocenters. The first-order chi connectivity index (χ1) is 5.83. The standard InChI is InChI=1S/C7H3N3O2/c8-4-5-2-1-3-6-7(5)9-12-10(6)11/h1-3H. The summed E-state index contributed by atoms with van der Waals surface area (Å²) >= 11 is 0. The monoisotopic (exact) mass is 161 g/mol. The Morgan fingerprint density at radius 1 is 1.58 bits per heavy atom. The van der Waals surface area contributed by atoms with Crippen LogP contribution < -0.4 is 4.90 Å². The SMILES string of the molecule is N#Cc1cccc2c1no[n+]2[O-]. The van der Waals surface area contributed by atoms with Crippen LogP contribution in [-0.2, 0) is 0 Å². The van der Waals surface area contributed by atoms with Crippen LogP contribution in [0.5, 0.6) is 0 Å². The molecule has 0 unspecified atom stereocenters. The van der Waals surface area contributed by atoms with Gasteiger partial charge in [0.2, 0.25) is 5.52 Å². The Kier molecular flexibility index (Phi) is 1.21. The van der Waals surface area contributed by atoms with E-state index in [-0.39, 0.29) is 10.4 Å². The molecule has 0 radical (unpaired) electrons. The Morgan fingerprint density at radius 2 is 2.42 bits per heavy atom. The van der Waals surface area contributed by atoms with Crippen LogP contribution in [0.4, 0.5) is 0 Å². The molecule has 12 heavy (non-hydrogen) atoms. The predicted octanol–water partition coefficient (Wildman–Crippen LogP) is 0.333. The van der Waals surface area contributed by atoms with Crippen LogP contribution in [-0.4, -0.2) is 5.16 Å². The summed E-state index contributed by atoms with van der Waals surface area (Å²) in [5.74, 6) is 0. The Hall–Kier alpha value is -2.09. The number of benzene rings is 1. The van der Waals surface area contributed by atoms with Crippen molar-refractivity contribution in [2.24, 2.45) is 0 Å². The zero-order valence-corrected chi connectivity index (χ0v) is 5.89. The second-order valence-corrected chi connectivity index (χ2v) is 2.22. The molecule has 1 aromatic carbocycles. The molecule has 5 heteroatoms. The van der Waals surface area contributed by atoms with E-state index < -0.39 is 0 Å². The van der Waals surface area contributed by atoms with Gasteiger partial charge < -0.3 is 5.21 Å². The molecule has 1 heterocycles. The minimum Gasteiger partial charge on any atom is -0.359 e. The van der Waals surface area contributed by atoms with Crippen LogP contribution >= 0.6 is 0 Å². The highest BCUT2D eigenvalue weighted by Gasteiger charge is 2.12. The highest BCUT2D eigenvalue weighted by Crippen LogP contribution is 2.11. The molecule has 5 nitrogen and oxygen atoms in total. The Labute approximate surface area is 67.0 Å². The first-order valence-corrected chi connectivity index (χ1v) is 3.21. The van der Waals surface area contributed by atoms with Crippen molar-refractivity contribution in [1.82, 2.24) is 5.16 Å². The third-order valence-electron chi connectivity index (χ3n) is 1.54. The molecule has 2 rings (SSSR count). The largest absolute Gasteiger partial charge is 0.359 e. The first-order valence-electron chi connectivity index (χ1n) is 3.21. The van der Waals surface area contributed by atoms with Crippen molar-refractivity contribution in [3.8, 4) is 6.07 Å². The fourth-order valence-electron chi connectivity index (χ4n) is 0.987. The molecule has 0 amide bonds. The van der Waals surface area contributed by atoms with Gasteiger partial charge in [0.25, 0.3) is 5.52 Å². The van der Waals surface area contributed by atoms with Gasteiger partial charge in [0.15, 0.2) is 0 Å². The number of fused-ring (bicyclic) bond motifs is 1. The zero-order valence-electron chi connectivity index (χ0n) is 5.89. The van der Waals surface area contributed by atoms with Crippen molar-refractivity contribution in [3.63, 3.8) is 0 Å². The van der Waals surface area contributed by atoms with E-state index >= 15 is 0 Å². The van der Waals surface area contributed by atoms with E-state index in [4.69, 9.17) is 5.26 Å². The van der Waals surface area contributed by atoms with Gasteiger partial charge in [0.1, 0.15) is 11.6 Å². The summed E-state index contributed by atoms with van der Waals surface area (Å²) in [6.07, 6.45) is 0. The highest BCUT2D eigenvalue weighted by atomic mass is 16.8. The lowest BCUT2D eigenvalue weighted by Crippen LogP contribution is -2.22. The van der Waals surface area contributed by atoms with Gasteiger partial charge in [0.05, 0.1) is 0 Å². The van der Waals surface area contributed by atoms with Crippen LogP contribution in [0.3, 0.4) is 0 Å². The molecule has 0 saturated heterocycles. The number of hydrogen-bond acceptors (Lipinski definition) is 4. The summed E-state index contributed by atoms with van der Waals surface area (Å²) in [6.45, 7) is 0. The molecule has 0 fully saturated rings. The fourth-order valence-corrected chi connectivity index (χ4v) is 0.987. The number of nitrogens with zero attached hydrogens (tertiary/aromatic N) is 3. The number of hydrogen-bond donors (Lipinski definition) is 0.